The number of methoxy groups -OCH3 is 1. The van der Waals surface area contributed by atoms with Gasteiger partial charge in [0.25, 0.3) is 15.0 Å². The Labute approximate surface area is 130 Å². The first-order valence-corrected chi connectivity index (χ1v) is 9.04. The van der Waals surface area contributed by atoms with E-state index in [1.807, 2.05) is 6.92 Å². The van der Waals surface area contributed by atoms with E-state index in [9.17, 15) is 13.2 Å². The van der Waals surface area contributed by atoms with Gasteiger partial charge in [-0.2, -0.15) is 0 Å². The third-order valence-corrected chi connectivity index (χ3v) is 4.42. The van der Waals surface area contributed by atoms with Crippen molar-refractivity contribution in [3.63, 3.8) is 0 Å². The summed E-state index contributed by atoms with van der Waals surface area (Å²) in [5, 5.41) is 2.83. The summed E-state index contributed by atoms with van der Waals surface area (Å²) in [5.41, 5.74) is 0.155. The highest BCUT2D eigenvalue weighted by Crippen LogP contribution is 2.24. The number of hydrogen-bond donors (Lipinski definition) is 1. The van der Waals surface area contributed by atoms with Crippen molar-refractivity contribution in [2.24, 2.45) is 0 Å². The number of rotatable bonds is 7. The minimum absolute atomic E-state index is 0.00146. The number of nitrogens with one attached hydrogen (secondary N) is 1. The maximum atomic E-state index is 12.2. The molecular weight excluding hydrogens is 314 g/mol. The van der Waals surface area contributed by atoms with Crippen LogP contribution in [0, 0.1) is 0 Å². The molecule has 0 fully saturated rings. The lowest BCUT2D eigenvalue weighted by Crippen LogP contribution is -2.32. The van der Waals surface area contributed by atoms with Crippen LogP contribution in [0.25, 0.3) is 0 Å². The Bertz CT molecular complexity index is 601. The second-order valence-corrected chi connectivity index (χ2v) is 7.38. The highest BCUT2D eigenvalue weighted by Gasteiger charge is 2.19. The molecule has 5 nitrogen and oxygen atoms in total. The van der Waals surface area contributed by atoms with Gasteiger partial charge in [0.05, 0.1) is 17.6 Å². The van der Waals surface area contributed by atoms with Crippen molar-refractivity contribution < 1.29 is 17.9 Å². The molecular formula is C14H20ClNO4S. The van der Waals surface area contributed by atoms with Crippen LogP contribution in [-0.4, -0.2) is 27.5 Å². The molecule has 0 aliphatic rings. The molecule has 1 aromatic rings. The van der Waals surface area contributed by atoms with Crippen molar-refractivity contribution in [2.75, 3.05) is 7.11 Å². The zero-order valence-corrected chi connectivity index (χ0v) is 13.9. The maximum absolute atomic E-state index is 12.2. The topological polar surface area (TPSA) is 72.5 Å². The number of unbranched alkanes of at least 4 members (excludes halogenated alkanes) is 1. The van der Waals surface area contributed by atoms with E-state index in [1.165, 1.54) is 25.3 Å². The summed E-state index contributed by atoms with van der Waals surface area (Å²) in [4.78, 5) is 12.1. The van der Waals surface area contributed by atoms with Crippen molar-refractivity contribution >= 4 is 25.6 Å². The summed E-state index contributed by atoms with van der Waals surface area (Å²) in [5.74, 6) is -0.0723. The molecule has 0 aliphatic carbocycles. The summed E-state index contributed by atoms with van der Waals surface area (Å²) in [6, 6.07) is 3.95. The van der Waals surface area contributed by atoms with Crippen LogP contribution in [-0.2, 0) is 9.05 Å². The van der Waals surface area contributed by atoms with Crippen LogP contribution in [0.5, 0.6) is 5.75 Å². The predicted molar refractivity (Wildman–Crippen MR) is 82.5 cm³/mol. The molecule has 0 aliphatic heterocycles. The van der Waals surface area contributed by atoms with E-state index >= 15 is 0 Å². The van der Waals surface area contributed by atoms with E-state index in [-0.39, 0.29) is 22.4 Å². The quantitative estimate of drug-likeness (QED) is 0.779. The van der Waals surface area contributed by atoms with Gasteiger partial charge in [-0.1, -0.05) is 19.8 Å². The van der Waals surface area contributed by atoms with Gasteiger partial charge in [-0.05, 0) is 31.5 Å². The number of carbonyl (C=O) groups excluding carboxylic acids is 1. The first kappa shape index (κ1) is 17.8. The molecule has 21 heavy (non-hydrogen) atoms. The standard InChI is InChI=1S/C14H20ClNO4S/c1-4-5-6-10(2)16-14(17)12-9-11(21(15,18)19)7-8-13(12)20-3/h7-10H,4-6H2,1-3H3,(H,16,17). The molecule has 0 bridgehead atoms. The fraction of sp³-hybridized carbons (Fsp3) is 0.500. The Morgan fingerprint density at radius 2 is 2.10 bits per heavy atom. The molecule has 7 heteroatoms. The zero-order chi connectivity index (χ0) is 16.0. The number of hydrogen-bond acceptors (Lipinski definition) is 4. The maximum Gasteiger partial charge on any atom is 0.261 e. The Balaban J connectivity index is 3.01. The Morgan fingerprint density at radius 3 is 2.62 bits per heavy atom. The minimum atomic E-state index is -3.89. The van der Waals surface area contributed by atoms with Gasteiger partial charge in [-0.3, -0.25) is 4.79 Å². The Hall–Kier alpha value is -1.27. The lowest BCUT2D eigenvalue weighted by atomic mass is 10.1. The van der Waals surface area contributed by atoms with E-state index in [0.717, 1.165) is 19.3 Å². The number of benzene rings is 1. The molecule has 0 saturated heterocycles. The van der Waals surface area contributed by atoms with Crippen LogP contribution >= 0.6 is 10.7 Å². The molecule has 1 aromatic carbocycles. The third kappa shape index (κ3) is 5.21. The van der Waals surface area contributed by atoms with Crippen LogP contribution in [0.15, 0.2) is 23.1 Å². The monoisotopic (exact) mass is 333 g/mol. The van der Waals surface area contributed by atoms with Crippen molar-refractivity contribution in [3.8, 4) is 5.75 Å². The Morgan fingerprint density at radius 1 is 1.43 bits per heavy atom. The van der Waals surface area contributed by atoms with E-state index in [2.05, 4.69) is 12.2 Å². The summed E-state index contributed by atoms with van der Waals surface area (Å²) < 4.78 is 27.8. The molecule has 1 rings (SSSR count). The van der Waals surface area contributed by atoms with Gasteiger partial charge in [0.15, 0.2) is 0 Å². The summed E-state index contributed by atoms with van der Waals surface area (Å²) in [7, 11) is 2.83. The smallest absolute Gasteiger partial charge is 0.261 e. The van der Waals surface area contributed by atoms with Crippen LogP contribution in [0.2, 0.25) is 0 Å². The average Bonchev–Trinajstić information content (AvgIpc) is 2.43. The lowest BCUT2D eigenvalue weighted by Gasteiger charge is -2.15. The molecule has 1 unspecified atom stereocenters. The normalized spacial score (nSPS) is 12.8. The molecule has 118 valence electrons. The fourth-order valence-electron chi connectivity index (χ4n) is 1.90. The van der Waals surface area contributed by atoms with Gasteiger partial charge in [-0.25, -0.2) is 8.42 Å². The summed E-state index contributed by atoms with van der Waals surface area (Å²) >= 11 is 0. The van der Waals surface area contributed by atoms with E-state index in [4.69, 9.17) is 15.4 Å². The van der Waals surface area contributed by atoms with Gasteiger partial charge in [0, 0.05) is 16.7 Å². The predicted octanol–water partition coefficient (Wildman–Crippen LogP) is 2.93. The third-order valence-electron chi connectivity index (χ3n) is 3.07. The molecule has 0 aromatic heterocycles. The molecule has 1 atom stereocenters. The highest BCUT2D eigenvalue weighted by molar-refractivity contribution is 8.13. The molecule has 1 N–H and O–H groups in total. The minimum Gasteiger partial charge on any atom is -0.496 e. The first-order valence-electron chi connectivity index (χ1n) is 6.73. The second kappa shape index (κ2) is 7.66. The molecule has 0 radical (unpaired) electrons. The second-order valence-electron chi connectivity index (χ2n) is 4.82. The van der Waals surface area contributed by atoms with Crippen molar-refractivity contribution in [1.82, 2.24) is 5.32 Å². The molecule has 0 spiro atoms. The number of carbonyl (C=O) groups is 1. The van der Waals surface area contributed by atoms with Crippen LogP contribution in [0.4, 0.5) is 0 Å². The highest BCUT2D eigenvalue weighted by atomic mass is 35.7. The van der Waals surface area contributed by atoms with Crippen molar-refractivity contribution in [2.45, 2.75) is 44.0 Å². The zero-order valence-electron chi connectivity index (χ0n) is 12.3. The van der Waals surface area contributed by atoms with E-state index in [0.29, 0.717) is 5.75 Å². The average molecular weight is 334 g/mol. The Kier molecular flexibility index (Phi) is 6.48. The van der Waals surface area contributed by atoms with Crippen molar-refractivity contribution in [1.29, 1.82) is 0 Å². The SMILES string of the molecule is CCCCC(C)NC(=O)c1cc(S(=O)(=O)Cl)ccc1OC. The van der Waals surface area contributed by atoms with Gasteiger partial charge in [-0.15, -0.1) is 0 Å². The van der Waals surface area contributed by atoms with Crippen LogP contribution in [0.1, 0.15) is 43.5 Å². The van der Waals surface area contributed by atoms with Crippen LogP contribution < -0.4 is 10.1 Å². The summed E-state index contributed by atoms with van der Waals surface area (Å²) in [6.45, 7) is 3.98. The number of amides is 1. The van der Waals surface area contributed by atoms with Crippen molar-refractivity contribution in [3.05, 3.63) is 23.8 Å². The van der Waals surface area contributed by atoms with Gasteiger partial charge >= 0.3 is 0 Å². The van der Waals surface area contributed by atoms with Gasteiger partial charge < -0.3 is 10.1 Å². The molecule has 0 heterocycles. The fourth-order valence-corrected chi connectivity index (χ4v) is 2.68. The van der Waals surface area contributed by atoms with E-state index in [1.54, 1.807) is 0 Å². The van der Waals surface area contributed by atoms with Gasteiger partial charge in [0.2, 0.25) is 0 Å². The molecule has 0 saturated carbocycles. The number of ether oxygens (including phenoxy) is 1. The van der Waals surface area contributed by atoms with E-state index < -0.39 is 9.05 Å². The summed E-state index contributed by atoms with van der Waals surface area (Å²) in [6.07, 6.45) is 2.91. The van der Waals surface area contributed by atoms with Gasteiger partial charge in [0.1, 0.15) is 5.75 Å². The lowest BCUT2D eigenvalue weighted by molar-refractivity contribution is 0.0934. The first-order chi connectivity index (χ1) is 9.79. The molecule has 1 amide bonds. The van der Waals surface area contributed by atoms with Crippen LogP contribution in [0.3, 0.4) is 0 Å². The largest absolute Gasteiger partial charge is 0.496 e. The number of halogens is 1.